The van der Waals surface area contributed by atoms with Gasteiger partial charge in [-0.05, 0) is 73.9 Å². The predicted molar refractivity (Wildman–Crippen MR) is 242 cm³/mol. The zero-order chi connectivity index (χ0) is 38.3. The van der Waals surface area contributed by atoms with Gasteiger partial charge in [-0.2, -0.15) is 41.6 Å². The Morgan fingerprint density at radius 3 is 1.50 bits per heavy atom. The van der Waals surface area contributed by atoms with E-state index in [1.165, 1.54) is 137 Å². The van der Waals surface area contributed by atoms with E-state index >= 15 is 0 Å². The van der Waals surface area contributed by atoms with Crippen molar-refractivity contribution >= 4 is 41.4 Å². The standard InChI is InChI=1S/2C21H23.C12H7Si.Zr/c2*1-4-5-9-17-13-18-10-7-12-20(21(18)14-17)19-11-6-8-15(2)16(19)3;1-3-7-11-9(5-1)10-6-2-4-8-12(10)13-11;/h2*6-8,10-14H,4-5,9H2,1-3H3;1-7H;/q3*-1;+3. The fourth-order valence-electron chi connectivity index (χ4n) is 7.93. The first-order valence-electron chi connectivity index (χ1n) is 20.2. The zero-order valence-electron chi connectivity index (χ0n) is 34.0. The second kappa shape index (κ2) is 19.2. The summed E-state index contributed by atoms with van der Waals surface area (Å²) in [5, 5.41) is 8.37. The van der Waals surface area contributed by atoms with Gasteiger partial charge >= 0.3 is 26.2 Å². The van der Waals surface area contributed by atoms with Gasteiger partial charge in [-0.3, -0.25) is 0 Å². The molecular weight excluding hydrogens is 768 g/mol. The summed E-state index contributed by atoms with van der Waals surface area (Å²) in [5.74, 6) is 0. The molecule has 0 atom stereocenters. The fraction of sp³-hybridized carbons (Fsp3) is 0.222. The molecule has 1 aliphatic rings. The number of hydrogen-bond acceptors (Lipinski definition) is 0. The maximum absolute atomic E-state index is 3.31. The molecule has 0 saturated carbocycles. The maximum Gasteiger partial charge on any atom is 3.00 e. The van der Waals surface area contributed by atoms with Gasteiger partial charge in [0.15, 0.2) is 0 Å². The molecule has 9 rings (SSSR count). The molecule has 0 spiro atoms. The van der Waals surface area contributed by atoms with Crippen LogP contribution in [0.25, 0.3) is 54.9 Å². The Labute approximate surface area is 357 Å². The van der Waals surface area contributed by atoms with E-state index in [-0.39, 0.29) is 26.2 Å². The fourth-order valence-corrected chi connectivity index (χ4v) is 9.24. The molecule has 0 aliphatic carbocycles. The van der Waals surface area contributed by atoms with Crippen LogP contribution in [0, 0.1) is 33.8 Å². The van der Waals surface area contributed by atoms with Crippen molar-refractivity contribution in [3.8, 4) is 33.4 Å². The molecule has 56 heavy (non-hydrogen) atoms. The Kier molecular flexibility index (Phi) is 14.1. The van der Waals surface area contributed by atoms with Crippen LogP contribution in [-0.2, 0) is 39.0 Å². The van der Waals surface area contributed by atoms with Crippen molar-refractivity contribution in [1.29, 1.82) is 0 Å². The maximum atomic E-state index is 3.31. The third-order valence-electron chi connectivity index (χ3n) is 11.4. The molecule has 277 valence electrons. The van der Waals surface area contributed by atoms with Gasteiger partial charge in [-0.25, -0.2) is 0 Å². The summed E-state index contributed by atoms with van der Waals surface area (Å²) in [7, 11) is 0.795. The van der Waals surface area contributed by atoms with Gasteiger partial charge < -0.3 is 0 Å². The van der Waals surface area contributed by atoms with E-state index in [9.17, 15) is 0 Å². The normalized spacial score (nSPS) is 11.2. The van der Waals surface area contributed by atoms with E-state index in [2.05, 4.69) is 181 Å². The third-order valence-corrected chi connectivity index (χ3v) is 12.8. The van der Waals surface area contributed by atoms with Gasteiger partial charge in [0.1, 0.15) is 0 Å². The second-order valence-corrected chi connectivity index (χ2v) is 16.5. The molecular formula is C54H53SiZr. The van der Waals surface area contributed by atoms with Crippen molar-refractivity contribution in [2.45, 2.75) is 80.1 Å². The molecule has 0 aromatic heterocycles. The molecule has 0 nitrogen and oxygen atoms in total. The molecule has 0 saturated heterocycles. The topological polar surface area (TPSA) is 0 Å². The summed E-state index contributed by atoms with van der Waals surface area (Å²) in [5.41, 5.74) is 16.7. The summed E-state index contributed by atoms with van der Waals surface area (Å²) < 4.78 is 0. The van der Waals surface area contributed by atoms with Crippen molar-refractivity contribution in [2.75, 3.05) is 0 Å². The summed E-state index contributed by atoms with van der Waals surface area (Å²) >= 11 is 0. The van der Waals surface area contributed by atoms with Gasteiger partial charge in [-0.15, -0.1) is 74.6 Å². The van der Waals surface area contributed by atoms with Gasteiger partial charge in [0.2, 0.25) is 0 Å². The van der Waals surface area contributed by atoms with Crippen molar-refractivity contribution < 1.29 is 26.2 Å². The van der Waals surface area contributed by atoms with Crippen molar-refractivity contribution in [3.63, 3.8) is 0 Å². The molecule has 0 unspecified atom stereocenters. The summed E-state index contributed by atoms with van der Waals surface area (Å²) in [4.78, 5) is 0. The predicted octanol–water partition coefficient (Wildman–Crippen LogP) is 13.5. The van der Waals surface area contributed by atoms with Crippen LogP contribution < -0.4 is 10.4 Å². The SMILES string of the molecule is CCCCc1cc2c(-c3cccc(C)c3C)cccc2[cH-]1.CCCCc1cc2c(-c3cccc(C)c3C)cccc2[cH-]1.[Zr+3].[c-]1cccc2c1[Si]c1ccccc1-2. The molecule has 0 bridgehead atoms. The second-order valence-electron chi connectivity index (χ2n) is 15.2. The van der Waals surface area contributed by atoms with Crippen molar-refractivity contribution in [1.82, 2.24) is 0 Å². The molecule has 8 aromatic rings. The van der Waals surface area contributed by atoms with Crippen LogP contribution in [0.1, 0.15) is 72.9 Å². The average Bonchev–Trinajstić information content (AvgIpc) is 3.94. The average molecular weight is 821 g/mol. The Hall–Kier alpha value is -4.36. The van der Waals surface area contributed by atoms with E-state index in [0.29, 0.717) is 0 Å². The van der Waals surface area contributed by atoms with E-state index in [0.717, 1.165) is 9.52 Å². The molecule has 0 N–H and O–H groups in total. The van der Waals surface area contributed by atoms with E-state index in [1.807, 2.05) is 6.07 Å². The number of hydrogen-bond donors (Lipinski definition) is 0. The van der Waals surface area contributed by atoms with Crippen molar-refractivity contribution in [3.05, 3.63) is 179 Å². The van der Waals surface area contributed by atoms with Gasteiger partial charge in [0, 0.05) is 0 Å². The first-order chi connectivity index (χ1) is 26.9. The molecule has 1 aliphatic heterocycles. The van der Waals surface area contributed by atoms with Crippen LogP contribution in [0.15, 0.2) is 140 Å². The van der Waals surface area contributed by atoms with Crippen molar-refractivity contribution in [2.24, 2.45) is 0 Å². The van der Waals surface area contributed by atoms with Crippen LogP contribution in [0.4, 0.5) is 0 Å². The molecule has 1 heterocycles. The molecule has 8 aromatic carbocycles. The molecule has 0 fully saturated rings. The summed E-state index contributed by atoms with van der Waals surface area (Å²) in [6.45, 7) is 13.3. The van der Waals surface area contributed by atoms with Crippen LogP contribution in [0.5, 0.6) is 0 Å². The smallest absolute Gasteiger partial charge is 0.184 e. The van der Waals surface area contributed by atoms with Crippen LogP contribution in [-0.4, -0.2) is 9.52 Å². The van der Waals surface area contributed by atoms with E-state index in [1.54, 1.807) is 0 Å². The minimum Gasteiger partial charge on any atom is -0.184 e. The van der Waals surface area contributed by atoms with E-state index in [4.69, 9.17) is 0 Å². The number of fused-ring (bicyclic) bond motifs is 5. The Morgan fingerprint density at radius 2 is 0.964 bits per heavy atom. The largest absolute Gasteiger partial charge is 3.00 e. The first kappa shape index (κ1) is 41.3. The third kappa shape index (κ3) is 9.09. The van der Waals surface area contributed by atoms with Crippen LogP contribution in [0.3, 0.4) is 0 Å². The molecule has 2 heteroatoms. The number of rotatable bonds is 8. The Bertz CT molecular complexity index is 2370. The molecule has 3 radical (unpaired) electrons. The first-order valence-corrected chi connectivity index (χ1v) is 21.2. The summed E-state index contributed by atoms with van der Waals surface area (Å²) in [6, 6.07) is 54.2. The monoisotopic (exact) mass is 819 g/mol. The van der Waals surface area contributed by atoms with Gasteiger partial charge in [0.25, 0.3) is 0 Å². The van der Waals surface area contributed by atoms with E-state index < -0.39 is 0 Å². The van der Waals surface area contributed by atoms with Crippen LogP contribution in [0.2, 0.25) is 0 Å². The van der Waals surface area contributed by atoms with Gasteiger partial charge in [0.05, 0.1) is 9.52 Å². The Balaban J connectivity index is 0.000000145. The number of aryl methyl sites for hydroxylation is 4. The minimum atomic E-state index is 0. The molecule has 0 amide bonds. The van der Waals surface area contributed by atoms with Gasteiger partial charge in [-0.1, -0.05) is 134 Å². The Morgan fingerprint density at radius 1 is 0.500 bits per heavy atom. The zero-order valence-corrected chi connectivity index (χ0v) is 37.5. The number of unbranched alkanes of at least 4 members (excludes halogenated alkanes) is 2. The van der Waals surface area contributed by atoms with Crippen LogP contribution >= 0.6 is 0 Å². The number of benzene rings is 6. The minimum absolute atomic E-state index is 0. The summed E-state index contributed by atoms with van der Waals surface area (Å²) in [6.07, 6.45) is 7.44. The quantitative estimate of drug-likeness (QED) is 0.106.